The van der Waals surface area contributed by atoms with E-state index in [-0.39, 0.29) is 0 Å². The quantitative estimate of drug-likeness (QED) is 0.862. The molecule has 19 heavy (non-hydrogen) atoms. The third-order valence-electron chi connectivity index (χ3n) is 3.41. The van der Waals surface area contributed by atoms with Crippen LogP contribution in [0, 0.1) is 6.92 Å². The summed E-state index contributed by atoms with van der Waals surface area (Å²) in [5.41, 5.74) is 5.17. The molecule has 102 valence electrons. The Bertz CT molecular complexity index is 529. The Balaban J connectivity index is 1.96. The van der Waals surface area contributed by atoms with Crippen LogP contribution in [0.3, 0.4) is 0 Å². The van der Waals surface area contributed by atoms with Gasteiger partial charge in [0.15, 0.2) is 0 Å². The molecule has 2 rings (SSSR count). The van der Waals surface area contributed by atoms with E-state index in [1.807, 2.05) is 6.92 Å². The lowest BCUT2D eigenvalue weighted by Crippen LogP contribution is -2.17. The first-order valence-electron chi connectivity index (χ1n) is 7.05. The standard InChI is InChI=1S/C16H23N3/c1-4-14-8-6-7-9-15(14)11-17-12-16-10-13(3)18-19(16)5-2/h6-10,17H,4-5,11-12H2,1-3H3. The molecule has 0 fully saturated rings. The summed E-state index contributed by atoms with van der Waals surface area (Å²) in [7, 11) is 0. The van der Waals surface area contributed by atoms with Gasteiger partial charge < -0.3 is 5.32 Å². The second-order valence-electron chi connectivity index (χ2n) is 4.82. The number of rotatable bonds is 6. The number of hydrogen-bond acceptors (Lipinski definition) is 2. The summed E-state index contributed by atoms with van der Waals surface area (Å²) in [4.78, 5) is 0. The Morgan fingerprint density at radius 3 is 2.53 bits per heavy atom. The normalized spacial score (nSPS) is 10.9. The van der Waals surface area contributed by atoms with Crippen molar-refractivity contribution in [2.45, 2.75) is 46.8 Å². The highest BCUT2D eigenvalue weighted by Gasteiger charge is 2.04. The van der Waals surface area contributed by atoms with Crippen LogP contribution >= 0.6 is 0 Å². The van der Waals surface area contributed by atoms with Crippen LogP contribution in [-0.2, 0) is 26.1 Å². The van der Waals surface area contributed by atoms with E-state index in [9.17, 15) is 0 Å². The summed E-state index contributed by atoms with van der Waals surface area (Å²) >= 11 is 0. The number of aryl methyl sites for hydroxylation is 3. The Hall–Kier alpha value is -1.61. The van der Waals surface area contributed by atoms with Crippen molar-refractivity contribution in [2.24, 2.45) is 0 Å². The first-order valence-corrected chi connectivity index (χ1v) is 7.05. The van der Waals surface area contributed by atoms with Gasteiger partial charge in [-0.05, 0) is 37.5 Å². The maximum atomic E-state index is 4.47. The van der Waals surface area contributed by atoms with Crippen molar-refractivity contribution >= 4 is 0 Å². The summed E-state index contributed by atoms with van der Waals surface area (Å²) in [5, 5.41) is 7.99. The molecule has 1 N–H and O–H groups in total. The summed E-state index contributed by atoms with van der Waals surface area (Å²) in [6, 6.07) is 10.8. The van der Waals surface area contributed by atoms with E-state index >= 15 is 0 Å². The summed E-state index contributed by atoms with van der Waals surface area (Å²) < 4.78 is 2.06. The van der Waals surface area contributed by atoms with Crippen molar-refractivity contribution < 1.29 is 0 Å². The zero-order chi connectivity index (χ0) is 13.7. The highest BCUT2D eigenvalue weighted by molar-refractivity contribution is 5.26. The van der Waals surface area contributed by atoms with Gasteiger partial charge in [-0.2, -0.15) is 5.10 Å². The molecule has 0 atom stereocenters. The van der Waals surface area contributed by atoms with E-state index in [1.54, 1.807) is 0 Å². The molecular formula is C16H23N3. The smallest absolute Gasteiger partial charge is 0.0597 e. The highest BCUT2D eigenvalue weighted by atomic mass is 15.3. The van der Waals surface area contributed by atoms with Gasteiger partial charge in [0, 0.05) is 19.6 Å². The maximum absolute atomic E-state index is 4.47. The minimum absolute atomic E-state index is 0.868. The van der Waals surface area contributed by atoms with Crippen molar-refractivity contribution in [1.82, 2.24) is 15.1 Å². The molecule has 3 heteroatoms. The lowest BCUT2D eigenvalue weighted by atomic mass is 10.1. The highest BCUT2D eigenvalue weighted by Crippen LogP contribution is 2.10. The van der Waals surface area contributed by atoms with Crippen LogP contribution in [0.5, 0.6) is 0 Å². The second-order valence-corrected chi connectivity index (χ2v) is 4.82. The zero-order valence-electron chi connectivity index (χ0n) is 12.1. The van der Waals surface area contributed by atoms with E-state index < -0.39 is 0 Å². The lowest BCUT2D eigenvalue weighted by Gasteiger charge is -2.10. The molecule has 0 radical (unpaired) electrons. The summed E-state index contributed by atoms with van der Waals surface area (Å²) in [6.07, 6.45) is 1.09. The molecule has 1 aromatic heterocycles. The van der Waals surface area contributed by atoms with E-state index in [0.29, 0.717) is 0 Å². The molecule has 0 amide bonds. The topological polar surface area (TPSA) is 29.9 Å². The molecule has 0 saturated heterocycles. The van der Waals surface area contributed by atoms with Crippen LogP contribution in [0.2, 0.25) is 0 Å². The van der Waals surface area contributed by atoms with Crippen LogP contribution in [0.25, 0.3) is 0 Å². The number of nitrogens with one attached hydrogen (secondary N) is 1. The average molecular weight is 257 g/mol. The van der Waals surface area contributed by atoms with Crippen molar-refractivity contribution in [3.05, 3.63) is 52.8 Å². The van der Waals surface area contributed by atoms with E-state index in [1.165, 1.54) is 16.8 Å². The molecular weight excluding hydrogens is 234 g/mol. The first-order chi connectivity index (χ1) is 9.24. The van der Waals surface area contributed by atoms with E-state index in [0.717, 1.165) is 31.7 Å². The molecule has 0 aliphatic rings. The molecule has 0 aliphatic carbocycles. The van der Waals surface area contributed by atoms with Crippen molar-refractivity contribution in [2.75, 3.05) is 0 Å². The fraction of sp³-hybridized carbons (Fsp3) is 0.438. The summed E-state index contributed by atoms with van der Waals surface area (Å²) in [5.74, 6) is 0. The Morgan fingerprint density at radius 1 is 1.11 bits per heavy atom. The Kier molecular flexibility index (Phi) is 4.74. The van der Waals surface area contributed by atoms with Gasteiger partial charge in [-0.1, -0.05) is 31.2 Å². The van der Waals surface area contributed by atoms with Crippen LogP contribution in [0.15, 0.2) is 30.3 Å². The van der Waals surface area contributed by atoms with Crippen LogP contribution in [0.4, 0.5) is 0 Å². The van der Waals surface area contributed by atoms with Crippen LogP contribution < -0.4 is 5.32 Å². The first kappa shape index (κ1) is 13.8. The number of nitrogens with zero attached hydrogens (tertiary/aromatic N) is 2. The average Bonchev–Trinajstić information content (AvgIpc) is 2.79. The van der Waals surface area contributed by atoms with Crippen molar-refractivity contribution in [1.29, 1.82) is 0 Å². The molecule has 0 unspecified atom stereocenters. The third kappa shape index (κ3) is 3.44. The van der Waals surface area contributed by atoms with Gasteiger partial charge in [0.2, 0.25) is 0 Å². The minimum Gasteiger partial charge on any atom is -0.307 e. The number of aromatic nitrogens is 2. The number of hydrogen-bond donors (Lipinski definition) is 1. The predicted molar refractivity (Wildman–Crippen MR) is 79.0 cm³/mol. The van der Waals surface area contributed by atoms with Crippen molar-refractivity contribution in [3.63, 3.8) is 0 Å². The Morgan fingerprint density at radius 2 is 1.84 bits per heavy atom. The lowest BCUT2D eigenvalue weighted by molar-refractivity contribution is 0.578. The number of benzene rings is 1. The van der Waals surface area contributed by atoms with Gasteiger partial charge in [0.05, 0.1) is 11.4 Å². The molecule has 0 bridgehead atoms. The van der Waals surface area contributed by atoms with Gasteiger partial charge in [0.25, 0.3) is 0 Å². The summed E-state index contributed by atoms with van der Waals surface area (Å²) in [6.45, 7) is 9.08. The van der Waals surface area contributed by atoms with Crippen LogP contribution in [-0.4, -0.2) is 9.78 Å². The SMILES string of the molecule is CCc1ccccc1CNCc1cc(C)nn1CC. The van der Waals surface area contributed by atoms with Gasteiger partial charge in [-0.25, -0.2) is 0 Å². The van der Waals surface area contributed by atoms with Gasteiger partial charge in [-0.15, -0.1) is 0 Å². The molecule has 0 spiro atoms. The van der Waals surface area contributed by atoms with Crippen molar-refractivity contribution in [3.8, 4) is 0 Å². The van der Waals surface area contributed by atoms with Gasteiger partial charge in [0.1, 0.15) is 0 Å². The maximum Gasteiger partial charge on any atom is 0.0597 e. The van der Waals surface area contributed by atoms with Gasteiger partial charge in [-0.3, -0.25) is 4.68 Å². The van der Waals surface area contributed by atoms with E-state index in [4.69, 9.17) is 0 Å². The molecule has 1 aromatic carbocycles. The van der Waals surface area contributed by atoms with Gasteiger partial charge >= 0.3 is 0 Å². The molecule has 2 aromatic rings. The monoisotopic (exact) mass is 257 g/mol. The molecule has 0 aliphatic heterocycles. The molecule has 3 nitrogen and oxygen atoms in total. The fourth-order valence-electron chi connectivity index (χ4n) is 2.42. The third-order valence-corrected chi connectivity index (χ3v) is 3.41. The molecule has 1 heterocycles. The fourth-order valence-corrected chi connectivity index (χ4v) is 2.42. The Labute approximate surface area is 115 Å². The van der Waals surface area contributed by atoms with Crippen LogP contribution in [0.1, 0.15) is 36.4 Å². The second kappa shape index (κ2) is 6.53. The predicted octanol–water partition coefficient (Wildman–Crippen LogP) is 3.06. The minimum atomic E-state index is 0.868. The molecule has 0 saturated carbocycles. The largest absolute Gasteiger partial charge is 0.307 e. The zero-order valence-corrected chi connectivity index (χ0v) is 12.1. The van der Waals surface area contributed by atoms with E-state index in [2.05, 4.69) is 59.3 Å².